The van der Waals surface area contributed by atoms with Crippen LogP contribution in [0.15, 0.2) is 42.6 Å². The van der Waals surface area contributed by atoms with E-state index in [1.807, 2.05) is 19.1 Å². The van der Waals surface area contributed by atoms with E-state index in [0.29, 0.717) is 24.5 Å². The fraction of sp³-hybridized carbons (Fsp3) is 0.333. The van der Waals surface area contributed by atoms with Crippen molar-refractivity contribution in [1.82, 2.24) is 10.3 Å². The van der Waals surface area contributed by atoms with Gasteiger partial charge in [0.1, 0.15) is 11.9 Å². The van der Waals surface area contributed by atoms with Crippen molar-refractivity contribution < 1.29 is 14.3 Å². The highest BCUT2D eigenvalue weighted by Crippen LogP contribution is 2.19. The first-order valence-corrected chi connectivity index (χ1v) is 8.08. The van der Waals surface area contributed by atoms with Crippen molar-refractivity contribution in [1.29, 1.82) is 0 Å². The van der Waals surface area contributed by atoms with E-state index >= 15 is 0 Å². The van der Waals surface area contributed by atoms with E-state index in [2.05, 4.69) is 15.6 Å². The van der Waals surface area contributed by atoms with Crippen LogP contribution in [0.5, 0.6) is 5.75 Å². The summed E-state index contributed by atoms with van der Waals surface area (Å²) in [7, 11) is 0. The Balaban J connectivity index is 1.61. The lowest BCUT2D eigenvalue weighted by atomic mass is 10.2. The number of nitrogens with one attached hydrogen (secondary N) is 2. The van der Waals surface area contributed by atoms with Crippen molar-refractivity contribution >= 4 is 11.6 Å². The number of carbonyl (C=O) groups is 1. The van der Waals surface area contributed by atoms with Gasteiger partial charge in [0.2, 0.25) is 0 Å². The molecule has 6 nitrogen and oxygen atoms in total. The Bertz CT molecular complexity index is 665. The van der Waals surface area contributed by atoms with E-state index in [1.54, 1.807) is 30.5 Å². The van der Waals surface area contributed by atoms with Crippen LogP contribution in [-0.2, 0) is 4.74 Å². The Morgan fingerprint density at radius 1 is 1.33 bits per heavy atom. The molecule has 1 aromatic heterocycles. The third-order valence-corrected chi connectivity index (χ3v) is 3.73. The number of hydrogen-bond donors (Lipinski definition) is 2. The lowest BCUT2D eigenvalue weighted by molar-refractivity contribution is 0.0250. The number of rotatable bonds is 5. The normalized spacial score (nSPS) is 17.3. The van der Waals surface area contributed by atoms with Crippen LogP contribution in [0, 0.1) is 0 Å². The topological polar surface area (TPSA) is 72.5 Å². The SMILES string of the molecule is CCOc1ccc(C(=O)Nc2ccc([C@H]3CNCCO3)nc2)cc1. The first kappa shape index (κ1) is 16.4. The fourth-order valence-electron chi connectivity index (χ4n) is 2.50. The van der Waals surface area contributed by atoms with Crippen molar-refractivity contribution in [3.63, 3.8) is 0 Å². The highest BCUT2D eigenvalue weighted by Gasteiger charge is 2.16. The summed E-state index contributed by atoms with van der Waals surface area (Å²) in [5.74, 6) is 0.573. The first-order chi connectivity index (χ1) is 11.8. The lowest BCUT2D eigenvalue weighted by Gasteiger charge is -2.23. The smallest absolute Gasteiger partial charge is 0.255 e. The summed E-state index contributed by atoms with van der Waals surface area (Å²) in [6, 6.07) is 10.8. The Hall–Kier alpha value is -2.44. The Kier molecular flexibility index (Phi) is 5.40. The highest BCUT2D eigenvalue weighted by atomic mass is 16.5. The average Bonchev–Trinajstić information content (AvgIpc) is 2.64. The molecule has 0 saturated carbocycles. The van der Waals surface area contributed by atoms with E-state index in [9.17, 15) is 4.79 Å². The molecular weight excluding hydrogens is 306 g/mol. The molecule has 0 bridgehead atoms. The second-order valence-corrected chi connectivity index (χ2v) is 5.45. The minimum absolute atomic E-state index is 0.0328. The Labute approximate surface area is 141 Å². The summed E-state index contributed by atoms with van der Waals surface area (Å²) in [5, 5.41) is 6.11. The molecule has 126 valence electrons. The largest absolute Gasteiger partial charge is 0.494 e. The zero-order valence-corrected chi connectivity index (χ0v) is 13.6. The maximum Gasteiger partial charge on any atom is 0.255 e. The van der Waals surface area contributed by atoms with Gasteiger partial charge in [-0.3, -0.25) is 9.78 Å². The monoisotopic (exact) mass is 327 g/mol. The van der Waals surface area contributed by atoms with Gasteiger partial charge in [0.05, 0.1) is 30.8 Å². The standard InChI is InChI=1S/C18H21N3O3/c1-2-23-15-6-3-13(4-7-15)18(22)21-14-5-8-16(20-11-14)17-12-19-9-10-24-17/h3-8,11,17,19H,2,9-10,12H2,1H3,(H,21,22)/t17-/m1/s1. The van der Waals surface area contributed by atoms with E-state index in [4.69, 9.17) is 9.47 Å². The molecule has 1 amide bonds. The van der Waals surface area contributed by atoms with Crippen molar-refractivity contribution in [3.8, 4) is 5.75 Å². The van der Waals surface area contributed by atoms with E-state index in [0.717, 1.165) is 24.5 Å². The van der Waals surface area contributed by atoms with Crippen molar-refractivity contribution in [2.75, 3.05) is 31.6 Å². The van der Waals surface area contributed by atoms with Crippen LogP contribution in [0.3, 0.4) is 0 Å². The van der Waals surface area contributed by atoms with Gasteiger partial charge in [0.15, 0.2) is 0 Å². The average molecular weight is 327 g/mol. The summed E-state index contributed by atoms with van der Waals surface area (Å²) in [5.41, 5.74) is 2.09. The number of nitrogens with zero attached hydrogens (tertiary/aromatic N) is 1. The van der Waals surface area contributed by atoms with Crippen LogP contribution >= 0.6 is 0 Å². The molecule has 3 rings (SSSR count). The minimum atomic E-state index is -0.178. The summed E-state index contributed by atoms with van der Waals surface area (Å²) in [6.45, 7) is 4.83. The van der Waals surface area contributed by atoms with Gasteiger partial charge in [-0.1, -0.05) is 0 Å². The molecule has 1 atom stereocenters. The number of aromatic nitrogens is 1. The van der Waals surface area contributed by atoms with Crippen LogP contribution in [0.2, 0.25) is 0 Å². The second-order valence-electron chi connectivity index (χ2n) is 5.45. The van der Waals surface area contributed by atoms with E-state index < -0.39 is 0 Å². The molecule has 0 aliphatic carbocycles. The van der Waals surface area contributed by atoms with Gasteiger partial charge in [-0.05, 0) is 43.3 Å². The highest BCUT2D eigenvalue weighted by molar-refractivity contribution is 6.04. The quantitative estimate of drug-likeness (QED) is 0.882. The zero-order valence-electron chi connectivity index (χ0n) is 13.6. The molecule has 1 aliphatic rings. The Morgan fingerprint density at radius 3 is 2.79 bits per heavy atom. The molecule has 6 heteroatoms. The molecule has 2 N–H and O–H groups in total. The zero-order chi connectivity index (χ0) is 16.8. The summed E-state index contributed by atoms with van der Waals surface area (Å²) in [6.07, 6.45) is 1.62. The lowest BCUT2D eigenvalue weighted by Crippen LogP contribution is -2.33. The molecule has 0 unspecified atom stereocenters. The van der Waals surface area contributed by atoms with Gasteiger partial charge in [0.25, 0.3) is 5.91 Å². The van der Waals surface area contributed by atoms with Crippen LogP contribution < -0.4 is 15.4 Å². The molecule has 24 heavy (non-hydrogen) atoms. The molecule has 0 spiro atoms. The van der Waals surface area contributed by atoms with Crippen LogP contribution in [0.4, 0.5) is 5.69 Å². The second kappa shape index (κ2) is 7.90. The summed E-state index contributed by atoms with van der Waals surface area (Å²) in [4.78, 5) is 16.6. The van der Waals surface area contributed by atoms with Gasteiger partial charge in [0, 0.05) is 18.7 Å². The number of morpholine rings is 1. The molecule has 1 aromatic carbocycles. The number of anilines is 1. The number of amides is 1. The van der Waals surface area contributed by atoms with Gasteiger partial charge in [-0.25, -0.2) is 0 Å². The molecule has 0 radical (unpaired) electrons. The number of carbonyl (C=O) groups excluding carboxylic acids is 1. The fourth-order valence-corrected chi connectivity index (χ4v) is 2.50. The molecular formula is C18H21N3O3. The third-order valence-electron chi connectivity index (χ3n) is 3.73. The van der Waals surface area contributed by atoms with E-state index in [1.165, 1.54) is 0 Å². The van der Waals surface area contributed by atoms with Gasteiger partial charge < -0.3 is 20.1 Å². The minimum Gasteiger partial charge on any atom is -0.494 e. The van der Waals surface area contributed by atoms with Gasteiger partial charge in [-0.2, -0.15) is 0 Å². The maximum atomic E-state index is 12.3. The molecule has 2 heterocycles. The first-order valence-electron chi connectivity index (χ1n) is 8.08. The van der Waals surface area contributed by atoms with Crippen LogP contribution in [0.1, 0.15) is 29.1 Å². The van der Waals surface area contributed by atoms with Gasteiger partial charge >= 0.3 is 0 Å². The third kappa shape index (κ3) is 4.10. The summed E-state index contributed by atoms with van der Waals surface area (Å²) < 4.78 is 11.0. The van der Waals surface area contributed by atoms with Crippen LogP contribution in [0.25, 0.3) is 0 Å². The number of benzene rings is 1. The van der Waals surface area contributed by atoms with Crippen molar-refractivity contribution in [2.24, 2.45) is 0 Å². The molecule has 1 fully saturated rings. The van der Waals surface area contributed by atoms with Crippen molar-refractivity contribution in [2.45, 2.75) is 13.0 Å². The summed E-state index contributed by atoms with van der Waals surface area (Å²) >= 11 is 0. The Morgan fingerprint density at radius 2 is 2.17 bits per heavy atom. The van der Waals surface area contributed by atoms with Crippen LogP contribution in [-0.4, -0.2) is 37.2 Å². The molecule has 2 aromatic rings. The number of pyridine rings is 1. The van der Waals surface area contributed by atoms with E-state index in [-0.39, 0.29) is 12.0 Å². The molecule has 1 aliphatic heterocycles. The molecule has 1 saturated heterocycles. The predicted octanol–water partition coefficient (Wildman–Crippen LogP) is 2.39. The number of ether oxygens (including phenoxy) is 2. The number of hydrogen-bond acceptors (Lipinski definition) is 5. The maximum absolute atomic E-state index is 12.3. The van der Waals surface area contributed by atoms with Crippen molar-refractivity contribution in [3.05, 3.63) is 53.9 Å². The predicted molar refractivity (Wildman–Crippen MR) is 91.4 cm³/mol. The van der Waals surface area contributed by atoms with Gasteiger partial charge in [-0.15, -0.1) is 0 Å².